The van der Waals surface area contributed by atoms with Crippen LogP contribution in [0.4, 0.5) is 11.4 Å². The van der Waals surface area contributed by atoms with E-state index in [1.54, 1.807) is 6.21 Å². The molecule has 0 aliphatic carbocycles. The van der Waals surface area contributed by atoms with Crippen molar-refractivity contribution in [2.45, 2.75) is 0 Å². The highest BCUT2D eigenvalue weighted by Crippen LogP contribution is 2.30. The number of rotatable bonds is 9. The SMILES string of the molecule is N=C(/N=C/c1ccc(Nc2ccccc2-c2ccc([Si](c3ccccc3)(c3ccccc3)c3ccccc3)cc2)cc1)c1ccccc1. The van der Waals surface area contributed by atoms with E-state index in [1.165, 1.54) is 20.7 Å². The van der Waals surface area contributed by atoms with Crippen molar-refractivity contribution < 1.29 is 0 Å². The van der Waals surface area contributed by atoms with Gasteiger partial charge >= 0.3 is 0 Å². The van der Waals surface area contributed by atoms with Gasteiger partial charge < -0.3 is 5.32 Å². The van der Waals surface area contributed by atoms with Gasteiger partial charge in [-0.2, -0.15) is 0 Å². The molecule has 0 unspecified atom stereocenters. The lowest BCUT2D eigenvalue weighted by Gasteiger charge is -2.34. The molecule has 0 radical (unpaired) electrons. The zero-order valence-electron chi connectivity index (χ0n) is 26.5. The van der Waals surface area contributed by atoms with Gasteiger partial charge in [-0.05, 0) is 50.1 Å². The average Bonchev–Trinajstić information content (AvgIpc) is 3.17. The minimum Gasteiger partial charge on any atom is -0.355 e. The Morgan fingerprint density at radius 1 is 0.479 bits per heavy atom. The van der Waals surface area contributed by atoms with E-state index < -0.39 is 8.07 Å². The zero-order chi connectivity index (χ0) is 32.6. The summed E-state index contributed by atoms with van der Waals surface area (Å²) in [5, 5.41) is 17.3. The number of amidine groups is 1. The van der Waals surface area contributed by atoms with Gasteiger partial charge in [0, 0.05) is 28.7 Å². The lowest BCUT2D eigenvalue weighted by Crippen LogP contribution is -2.74. The van der Waals surface area contributed by atoms with Crippen LogP contribution >= 0.6 is 0 Å². The summed E-state index contributed by atoms with van der Waals surface area (Å²) in [6.45, 7) is 0. The number of aliphatic imine (C=N–C) groups is 1. The molecule has 7 aromatic carbocycles. The predicted molar refractivity (Wildman–Crippen MR) is 206 cm³/mol. The van der Waals surface area contributed by atoms with Gasteiger partial charge in [-0.3, -0.25) is 5.41 Å². The Bertz CT molecular complexity index is 2030. The molecular weight excluding hydrogens is 599 g/mol. The van der Waals surface area contributed by atoms with Crippen molar-refractivity contribution in [1.29, 1.82) is 5.41 Å². The van der Waals surface area contributed by atoms with Gasteiger partial charge in [-0.1, -0.05) is 176 Å². The Labute approximate surface area is 283 Å². The molecule has 0 heterocycles. The number of nitrogens with zero attached hydrogens (tertiary/aromatic N) is 1. The van der Waals surface area contributed by atoms with Gasteiger partial charge in [0.15, 0.2) is 13.9 Å². The fraction of sp³-hybridized carbons (Fsp3) is 0. The summed E-state index contributed by atoms with van der Waals surface area (Å²) in [5.41, 5.74) is 6.05. The van der Waals surface area contributed by atoms with Crippen LogP contribution in [-0.2, 0) is 0 Å². The Morgan fingerprint density at radius 2 is 0.938 bits per heavy atom. The van der Waals surface area contributed by atoms with Crippen LogP contribution < -0.4 is 26.1 Å². The summed E-state index contributed by atoms with van der Waals surface area (Å²) in [7, 11) is -2.58. The molecule has 4 heteroatoms. The molecule has 2 N–H and O–H groups in total. The van der Waals surface area contributed by atoms with E-state index in [-0.39, 0.29) is 5.84 Å². The van der Waals surface area contributed by atoms with Crippen LogP contribution in [0.25, 0.3) is 11.1 Å². The molecule has 0 saturated carbocycles. The molecule has 48 heavy (non-hydrogen) atoms. The number of nitrogens with one attached hydrogen (secondary N) is 2. The van der Waals surface area contributed by atoms with Crippen molar-refractivity contribution in [3.05, 3.63) is 205 Å². The first-order valence-electron chi connectivity index (χ1n) is 16.1. The maximum absolute atomic E-state index is 8.25. The van der Waals surface area contributed by atoms with Gasteiger partial charge in [-0.25, -0.2) is 4.99 Å². The molecule has 0 spiro atoms. The molecule has 0 fully saturated rings. The fourth-order valence-electron chi connectivity index (χ4n) is 6.43. The van der Waals surface area contributed by atoms with E-state index >= 15 is 0 Å². The molecule has 7 aromatic rings. The molecule has 3 nitrogen and oxygen atoms in total. The van der Waals surface area contributed by atoms with E-state index in [4.69, 9.17) is 5.41 Å². The van der Waals surface area contributed by atoms with Crippen molar-refractivity contribution >= 4 is 52.2 Å². The second kappa shape index (κ2) is 14.1. The van der Waals surface area contributed by atoms with Gasteiger partial charge in [-0.15, -0.1) is 0 Å². The number of benzene rings is 7. The van der Waals surface area contributed by atoms with Crippen LogP contribution in [0, 0.1) is 5.41 Å². The Hall–Kier alpha value is -6.10. The van der Waals surface area contributed by atoms with Crippen LogP contribution in [0.2, 0.25) is 0 Å². The third-order valence-corrected chi connectivity index (χ3v) is 13.6. The van der Waals surface area contributed by atoms with Crippen LogP contribution in [0.15, 0.2) is 199 Å². The van der Waals surface area contributed by atoms with Gasteiger partial charge in [0.05, 0.1) is 0 Å². The lowest BCUT2D eigenvalue weighted by molar-refractivity contribution is 1.42. The summed E-state index contributed by atoms with van der Waals surface area (Å²) in [6, 6.07) is 68.4. The molecule has 0 aliphatic rings. The highest BCUT2D eigenvalue weighted by molar-refractivity contribution is 7.19. The maximum Gasteiger partial charge on any atom is 0.179 e. The van der Waals surface area contributed by atoms with Gasteiger partial charge in [0.1, 0.15) is 0 Å². The summed E-state index contributed by atoms with van der Waals surface area (Å²) < 4.78 is 0. The number of hydrogen-bond donors (Lipinski definition) is 2. The highest BCUT2D eigenvalue weighted by atomic mass is 28.3. The predicted octanol–water partition coefficient (Wildman–Crippen LogP) is 7.92. The molecule has 0 saturated heterocycles. The van der Waals surface area contributed by atoms with Crippen molar-refractivity contribution in [2.75, 3.05) is 5.32 Å². The third-order valence-electron chi connectivity index (χ3n) is 8.76. The average molecular weight is 634 g/mol. The van der Waals surface area contributed by atoms with E-state index in [9.17, 15) is 0 Å². The largest absolute Gasteiger partial charge is 0.355 e. The Morgan fingerprint density at radius 3 is 1.48 bits per heavy atom. The van der Waals surface area contributed by atoms with Crippen LogP contribution in [0.3, 0.4) is 0 Å². The van der Waals surface area contributed by atoms with Gasteiger partial charge in [0.25, 0.3) is 0 Å². The molecule has 0 aromatic heterocycles. The summed E-state index contributed by atoms with van der Waals surface area (Å²) in [5.74, 6) is 0.244. The van der Waals surface area contributed by atoms with Crippen LogP contribution in [0.1, 0.15) is 11.1 Å². The van der Waals surface area contributed by atoms with E-state index in [0.29, 0.717) is 0 Å². The smallest absolute Gasteiger partial charge is 0.179 e. The normalized spacial score (nSPS) is 11.3. The third kappa shape index (κ3) is 6.30. The van der Waals surface area contributed by atoms with Gasteiger partial charge in [0.2, 0.25) is 0 Å². The molecule has 7 rings (SSSR count). The summed E-state index contributed by atoms with van der Waals surface area (Å²) in [4.78, 5) is 4.35. The lowest BCUT2D eigenvalue weighted by atomic mass is 10.0. The summed E-state index contributed by atoms with van der Waals surface area (Å²) >= 11 is 0. The maximum atomic E-state index is 8.25. The van der Waals surface area contributed by atoms with Crippen molar-refractivity contribution in [3.8, 4) is 11.1 Å². The molecule has 230 valence electrons. The fourth-order valence-corrected chi connectivity index (χ4v) is 11.2. The Balaban J connectivity index is 1.20. The van der Waals surface area contributed by atoms with Crippen molar-refractivity contribution in [3.63, 3.8) is 0 Å². The minimum absolute atomic E-state index is 0.244. The zero-order valence-corrected chi connectivity index (χ0v) is 27.5. The molecule has 0 atom stereocenters. The number of hydrogen-bond acceptors (Lipinski definition) is 2. The van der Waals surface area contributed by atoms with E-state index in [0.717, 1.165) is 33.6 Å². The first kappa shape index (κ1) is 30.5. The first-order valence-corrected chi connectivity index (χ1v) is 18.1. The number of para-hydroxylation sites is 1. The molecule has 0 aliphatic heterocycles. The molecular formula is C44H35N3Si. The first-order chi connectivity index (χ1) is 23.7. The van der Waals surface area contributed by atoms with E-state index in [1.807, 2.05) is 54.6 Å². The van der Waals surface area contributed by atoms with Crippen LogP contribution in [0.5, 0.6) is 0 Å². The second-order valence-corrected chi connectivity index (χ2v) is 15.5. The topological polar surface area (TPSA) is 48.2 Å². The number of anilines is 2. The van der Waals surface area contributed by atoms with E-state index in [2.05, 4.69) is 150 Å². The van der Waals surface area contributed by atoms with Crippen molar-refractivity contribution in [2.24, 2.45) is 4.99 Å². The van der Waals surface area contributed by atoms with Crippen LogP contribution in [-0.4, -0.2) is 20.1 Å². The quantitative estimate of drug-likeness (QED) is 0.0722. The molecule has 0 amide bonds. The Kier molecular flexibility index (Phi) is 8.99. The minimum atomic E-state index is -2.58. The highest BCUT2D eigenvalue weighted by Gasteiger charge is 2.41. The second-order valence-electron chi connectivity index (χ2n) is 11.7. The van der Waals surface area contributed by atoms with Crippen molar-refractivity contribution in [1.82, 2.24) is 0 Å². The standard InChI is InChI=1S/C44H35N3Si/c45-44(36-15-5-1-6-16-36)46-33-34-25-29-37(30-26-34)47-43-24-14-13-23-42(43)35-27-31-41(32-28-35)48(38-17-7-2-8-18-38,39-19-9-3-10-20-39)40-21-11-4-12-22-40/h1-33,45,47H/b45-44?,46-33+. The monoisotopic (exact) mass is 633 g/mol. The molecule has 0 bridgehead atoms. The summed E-state index contributed by atoms with van der Waals surface area (Å²) in [6.07, 6.45) is 1.73.